The molecule has 0 unspecified atom stereocenters. The van der Waals surface area contributed by atoms with E-state index in [1.54, 1.807) is 0 Å². The van der Waals surface area contributed by atoms with E-state index in [0.717, 1.165) is 18.9 Å². The molecule has 1 N–H and O–H groups in total. The third kappa shape index (κ3) is 1.67. The maximum Gasteiger partial charge on any atom is 0.190 e. The van der Waals surface area contributed by atoms with E-state index >= 15 is 0 Å². The van der Waals surface area contributed by atoms with Crippen LogP contribution in [0.2, 0.25) is 0 Å². The average molecular weight is 228 g/mol. The third-order valence-corrected chi connectivity index (χ3v) is 3.19. The first kappa shape index (κ1) is 11.3. The van der Waals surface area contributed by atoms with Gasteiger partial charge in [0.25, 0.3) is 0 Å². The smallest absolute Gasteiger partial charge is 0.190 e. The molecule has 2 rings (SSSR count). The predicted octanol–water partition coefficient (Wildman–Crippen LogP) is 2.74. The van der Waals surface area contributed by atoms with Gasteiger partial charge in [0.05, 0.1) is 12.7 Å². The largest absolute Gasteiger partial charge is 0.491 e. The fraction of sp³-hybridized carbons (Fsp3) is 0.500. The van der Waals surface area contributed by atoms with Crippen LogP contribution in [0.1, 0.15) is 31.2 Å². The highest BCUT2D eigenvalue weighted by molar-refractivity contribution is 5.36. The van der Waals surface area contributed by atoms with E-state index in [-0.39, 0.29) is 5.56 Å². The first-order valence-electron chi connectivity index (χ1n) is 5.33. The molecule has 0 amide bonds. The summed E-state index contributed by atoms with van der Waals surface area (Å²) >= 11 is 0. The van der Waals surface area contributed by atoms with Crippen molar-refractivity contribution >= 4 is 0 Å². The van der Waals surface area contributed by atoms with Crippen LogP contribution < -0.4 is 4.74 Å². The molecule has 1 saturated carbocycles. The quantitative estimate of drug-likeness (QED) is 0.843. The number of hydrogen-bond acceptors (Lipinski definition) is 2. The van der Waals surface area contributed by atoms with E-state index in [1.807, 2.05) is 0 Å². The molecular formula is C12H14F2O2. The highest BCUT2D eigenvalue weighted by atomic mass is 19.1. The molecule has 0 heterocycles. The minimum Gasteiger partial charge on any atom is -0.491 e. The summed E-state index contributed by atoms with van der Waals surface area (Å²) in [6.45, 7) is 0. The minimum absolute atomic E-state index is 0.142. The van der Waals surface area contributed by atoms with E-state index in [1.165, 1.54) is 13.2 Å². The highest BCUT2D eigenvalue weighted by Crippen LogP contribution is 2.41. The van der Waals surface area contributed by atoms with Crippen LogP contribution in [0.15, 0.2) is 12.1 Å². The van der Waals surface area contributed by atoms with E-state index in [9.17, 15) is 13.9 Å². The molecule has 0 aliphatic heterocycles. The zero-order valence-corrected chi connectivity index (χ0v) is 9.09. The van der Waals surface area contributed by atoms with Crippen molar-refractivity contribution in [1.29, 1.82) is 0 Å². The Morgan fingerprint density at radius 2 is 1.88 bits per heavy atom. The van der Waals surface area contributed by atoms with Crippen molar-refractivity contribution in [1.82, 2.24) is 0 Å². The van der Waals surface area contributed by atoms with Crippen molar-refractivity contribution in [2.75, 3.05) is 7.11 Å². The van der Waals surface area contributed by atoms with Gasteiger partial charge < -0.3 is 9.84 Å². The Labute approximate surface area is 92.9 Å². The second-order valence-electron chi connectivity index (χ2n) is 4.18. The topological polar surface area (TPSA) is 29.5 Å². The maximum atomic E-state index is 13.9. The normalized spacial score (nSPS) is 18.8. The molecule has 2 nitrogen and oxygen atoms in total. The van der Waals surface area contributed by atoms with Gasteiger partial charge in [-0.3, -0.25) is 0 Å². The van der Waals surface area contributed by atoms with Crippen molar-refractivity contribution in [3.8, 4) is 5.75 Å². The summed E-state index contributed by atoms with van der Waals surface area (Å²) in [4.78, 5) is 0. The summed E-state index contributed by atoms with van der Waals surface area (Å²) < 4.78 is 31.8. The highest BCUT2D eigenvalue weighted by Gasteiger charge is 2.36. The molecule has 16 heavy (non-hydrogen) atoms. The molecule has 1 aliphatic rings. The number of aliphatic hydroxyl groups is 1. The summed E-state index contributed by atoms with van der Waals surface area (Å²) in [6.07, 6.45) is 2.74. The number of hydrogen-bond donors (Lipinski definition) is 1. The zero-order valence-electron chi connectivity index (χ0n) is 9.09. The molecule has 1 aliphatic carbocycles. The summed E-state index contributed by atoms with van der Waals surface area (Å²) in [7, 11) is 1.21. The van der Waals surface area contributed by atoms with Crippen molar-refractivity contribution in [3.05, 3.63) is 29.3 Å². The number of ether oxygens (including phenoxy) is 1. The summed E-state index contributed by atoms with van der Waals surface area (Å²) in [5.41, 5.74) is -1.02. The lowest BCUT2D eigenvalue weighted by atomic mass is 9.91. The van der Waals surface area contributed by atoms with E-state index in [0.29, 0.717) is 12.8 Å². The van der Waals surface area contributed by atoms with Gasteiger partial charge in [-0.15, -0.1) is 0 Å². The average Bonchev–Trinajstić information content (AvgIpc) is 2.66. The van der Waals surface area contributed by atoms with Gasteiger partial charge in [0.1, 0.15) is 0 Å². The van der Waals surface area contributed by atoms with E-state index in [4.69, 9.17) is 0 Å². The lowest BCUT2D eigenvalue weighted by Crippen LogP contribution is -2.23. The Bertz CT molecular complexity index is 398. The van der Waals surface area contributed by atoms with E-state index < -0.39 is 23.0 Å². The van der Waals surface area contributed by atoms with Crippen molar-refractivity contribution in [2.45, 2.75) is 31.3 Å². The molecule has 1 fully saturated rings. The van der Waals surface area contributed by atoms with Crippen LogP contribution >= 0.6 is 0 Å². The van der Waals surface area contributed by atoms with Crippen LogP contribution in [0.3, 0.4) is 0 Å². The number of methoxy groups -OCH3 is 1. The molecule has 1 aromatic rings. The molecule has 0 spiro atoms. The summed E-state index contributed by atoms with van der Waals surface area (Å²) in [5, 5.41) is 10.2. The van der Waals surface area contributed by atoms with Gasteiger partial charge in [0.15, 0.2) is 17.4 Å². The van der Waals surface area contributed by atoms with Crippen LogP contribution in [-0.2, 0) is 5.60 Å². The van der Waals surface area contributed by atoms with Crippen LogP contribution in [0.5, 0.6) is 5.75 Å². The van der Waals surface area contributed by atoms with Gasteiger partial charge in [0, 0.05) is 5.56 Å². The second kappa shape index (κ2) is 4.01. The molecule has 1 aromatic carbocycles. The Morgan fingerprint density at radius 1 is 1.25 bits per heavy atom. The molecule has 0 bridgehead atoms. The Balaban J connectivity index is 2.49. The van der Waals surface area contributed by atoms with Crippen molar-refractivity contribution in [3.63, 3.8) is 0 Å². The molecule has 0 saturated heterocycles. The SMILES string of the molecule is COc1c(F)ccc(C2(O)CCCC2)c1F. The Hall–Kier alpha value is -1.16. The fourth-order valence-corrected chi connectivity index (χ4v) is 2.31. The predicted molar refractivity (Wildman–Crippen MR) is 55.3 cm³/mol. The van der Waals surface area contributed by atoms with Crippen LogP contribution in [0, 0.1) is 11.6 Å². The number of halogens is 2. The number of rotatable bonds is 2. The summed E-state index contributed by atoms with van der Waals surface area (Å²) in [6, 6.07) is 2.44. The van der Waals surface area contributed by atoms with Crippen LogP contribution in [-0.4, -0.2) is 12.2 Å². The number of benzene rings is 1. The molecule has 0 aromatic heterocycles. The van der Waals surface area contributed by atoms with Gasteiger partial charge in [-0.2, -0.15) is 0 Å². The standard InChI is InChI=1S/C12H14F2O2/c1-16-11-9(13)5-4-8(10(11)14)12(15)6-2-3-7-12/h4-5,15H,2-3,6-7H2,1H3. The van der Waals surface area contributed by atoms with Gasteiger partial charge in [-0.05, 0) is 18.9 Å². The lowest BCUT2D eigenvalue weighted by Gasteiger charge is -2.24. The van der Waals surface area contributed by atoms with Crippen molar-refractivity contribution in [2.24, 2.45) is 0 Å². The molecule has 0 radical (unpaired) electrons. The van der Waals surface area contributed by atoms with E-state index in [2.05, 4.69) is 4.74 Å². The van der Waals surface area contributed by atoms with Crippen molar-refractivity contribution < 1.29 is 18.6 Å². The summed E-state index contributed by atoms with van der Waals surface area (Å²) in [5.74, 6) is -1.95. The minimum atomic E-state index is -1.16. The Kier molecular flexibility index (Phi) is 2.84. The Morgan fingerprint density at radius 3 is 2.44 bits per heavy atom. The molecule has 88 valence electrons. The first-order valence-corrected chi connectivity index (χ1v) is 5.33. The molecule has 0 atom stereocenters. The van der Waals surface area contributed by atoms with Gasteiger partial charge in [-0.25, -0.2) is 8.78 Å². The first-order chi connectivity index (χ1) is 7.58. The fourth-order valence-electron chi connectivity index (χ4n) is 2.31. The zero-order chi connectivity index (χ0) is 11.8. The van der Waals surface area contributed by atoms with Gasteiger partial charge >= 0.3 is 0 Å². The van der Waals surface area contributed by atoms with Gasteiger partial charge in [0.2, 0.25) is 0 Å². The third-order valence-electron chi connectivity index (χ3n) is 3.19. The maximum absolute atomic E-state index is 13.9. The van der Waals surface area contributed by atoms with Crippen LogP contribution in [0.4, 0.5) is 8.78 Å². The molecule has 4 heteroatoms. The van der Waals surface area contributed by atoms with Crippen LogP contribution in [0.25, 0.3) is 0 Å². The molecular weight excluding hydrogens is 214 g/mol. The second-order valence-corrected chi connectivity index (χ2v) is 4.18. The van der Waals surface area contributed by atoms with Gasteiger partial charge in [-0.1, -0.05) is 18.9 Å². The lowest BCUT2D eigenvalue weighted by molar-refractivity contribution is 0.0401. The monoisotopic (exact) mass is 228 g/mol.